The van der Waals surface area contributed by atoms with Crippen molar-refractivity contribution < 1.29 is 19.2 Å². The second-order valence-electron chi connectivity index (χ2n) is 4.76. The summed E-state index contributed by atoms with van der Waals surface area (Å²) in [5.41, 5.74) is 1.90. The Morgan fingerprint density at radius 2 is 2.11 bits per heavy atom. The number of furan rings is 1. The van der Waals surface area contributed by atoms with Gasteiger partial charge in [-0.05, 0) is 43.0 Å². The van der Waals surface area contributed by atoms with E-state index in [-0.39, 0.29) is 5.66 Å². The molecule has 0 bridgehead atoms. The molecule has 0 saturated heterocycles. The Kier molecular flexibility index (Phi) is 3.12. The smallest absolute Gasteiger partial charge is 0.465 e. The first-order valence-corrected chi connectivity index (χ1v) is 6.22. The van der Waals surface area contributed by atoms with E-state index in [4.69, 9.17) is 19.2 Å². The molecule has 1 heterocycles. The molecule has 1 saturated carbocycles. The van der Waals surface area contributed by atoms with Crippen LogP contribution in [0.3, 0.4) is 0 Å². The van der Waals surface area contributed by atoms with Crippen LogP contribution in [0.1, 0.15) is 24.8 Å². The summed E-state index contributed by atoms with van der Waals surface area (Å²) in [4.78, 5) is 0. The third-order valence-electron chi connectivity index (χ3n) is 3.39. The number of fused-ring (bicyclic) bond motifs is 1. The SMILES string of the molecule is OB(O)c1cc2cc(COC3CCC3)ccc2o1. The van der Waals surface area contributed by atoms with Crippen LogP contribution in [0.25, 0.3) is 11.0 Å². The van der Waals surface area contributed by atoms with Gasteiger partial charge in [0.15, 0.2) is 0 Å². The van der Waals surface area contributed by atoms with Crippen LogP contribution >= 0.6 is 0 Å². The molecule has 0 spiro atoms. The number of ether oxygens (including phenoxy) is 1. The molecule has 1 aliphatic rings. The summed E-state index contributed by atoms with van der Waals surface area (Å²) in [6.07, 6.45) is 4.01. The standard InChI is InChI=1S/C13H15BO4/c15-14(16)13-7-10-6-9(4-5-12(10)18-13)8-17-11-2-1-3-11/h4-7,11,15-16H,1-3,8H2. The zero-order valence-electron chi connectivity index (χ0n) is 10.0. The molecule has 18 heavy (non-hydrogen) atoms. The van der Waals surface area contributed by atoms with Crippen LogP contribution in [0.2, 0.25) is 0 Å². The molecule has 2 aromatic rings. The molecule has 0 radical (unpaired) electrons. The zero-order chi connectivity index (χ0) is 12.5. The molecule has 1 fully saturated rings. The maximum atomic E-state index is 9.05. The lowest BCUT2D eigenvalue weighted by atomic mass is 9.88. The van der Waals surface area contributed by atoms with E-state index in [9.17, 15) is 0 Å². The van der Waals surface area contributed by atoms with E-state index in [0.29, 0.717) is 18.3 Å². The van der Waals surface area contributed by atoms with E-state index < -0.39 is 7.12 Å². The summed E-state index contributed by atoms with van der Waals surface area (Å²) in [5.74, 6) is 0. The molecule has 0 aliphatic heterocycles. The van der Waals surface area contributed by atoms with Crippen molar-refractivity contribution in [3.05, 3.63) is 29.8 Å². The Morgan fingerprint density at radius 3 is 2.78 bits per heavy atom. The van der Waals surface area contributed by atoms with Gasteiger partial charge >= 0.3 is 7.12 Å². The van der Waals surface area contributed by atoms with Gasteiger partial charge in [0.05, 0.1) is 12.7 Å². The van der Waals surface area contributed by atoms with Crippen LogP contribution in [0.5, 0.6) is 0 Å². The largest absolute Gasteiger partial charge is 0.526 e. The van der Waals surface area contributed by atoms with Gasteiger partial charge in [-0.25, -0.2) is 0 Å². The molecular formula is C13H15BO4. The molecule has 5 heteroatoms. The van der Waals surface area contributed by atoms with Crippen LogP contribution < -0.4 is 5.66 Å². The van der Waals surface area contributed by atoms with Crippen molar-refractivity contribution in [1.29, 1.82) is 0 Å². The Hall–Kier alpha value is -1.30. The molecular weight excluding hydrogens is 231 g/mol. The molecule has 1 aromatic carbocycles. The summed E-state index contributed by atoms with van der Waals surface area (Å²) in [7, 11) is -1.56. The van der Waals surface area contributed by atoms with Crippen molar-refractivity contribution in [2.24, 2.45) is 0 Å². The Labute approximate surface area is 105 Å². The molecule has 0 amide bonds. The Morgan fingerprint density at radius 1 is 1.28 bits per heavy atom. The molecule has 4 nitrogen and oxygen atoms in total. The van der Waals surface area contributed by atoms with Crippen LogP contribution in [-0.2, 0) is 11.3 Å². The lowest BCUT2D eigenvalue weighted by Gasteiger charge is -2.25. The average molecular weight is 246 g/mol. The maximum absolute atomic E-state index is 9.05. The first kappa shape index (κ1) is 11.8. The van der Waals surface area contributed by atoms with Gasteiger partial charge in [-0.15, -0.1) is 0 Å². The minimum Gasteiger partial charge on any atom is -0.465 e. The lowest BCUT2D eigenvalue weighted by Crippen LogP contribution is -2.27. The molecule has 2 N–H and O–H groups in total. The fourth-order valence-corrected chi connectivity index (χ4v) is 2.08. The molecule has 0 atom stereocenters. The fourth-order valence-electron chi connectivity index (χ4n) is 2.08. The minimum absolute atomic E-state index is 0.169. The van der Waals surface area contributed by atoms with Crippen LogP contribution in [0, 0.1) is 0 Å². The first-order chi connectivity index (χ1) is 8.72. The van der Waals surface area contributed by atoms with Crippen molar-refractivity contribution in [2.45, 2.75) is 32.0 Å². The third kappa shape index (κ3) is 2.29. The van der Waals surface area contributed by atoms with Crippen molar-refractivity contribution in [2.75, 3.05) is 0 Å². The number of hydrogen-bond acceptors (Lipinski definition) is 4. The molecule has 94 valence electrons. The van der Waals surface area contributed by atoms with Gasteiger partial charge in [-0.2, -0.15) is 0 Å². The number of rotatable bonds is 4. The Balaban J connectivity index is 1.76. The monoisotopic (exact) mass is 246 g/mol. The fraction of sp³-hybridized carbons (Fsp3) is 0.385. The molecule has 1 aliphatic carbocycles. The van der Waals surface area contributed by atoms with Crippen LogP contribution in [-0.4, -0.2) is 23.3 Å². The van der Waals surface area contributed by atoms with E-state index in [0.717, 1.165) is 23.8 Å². The third-order valence-corrected chi connectivity index (χ3v) is 3.39. The van der Waals surface area contributed by atoms with E-state index in [1.165, 1.54) is 6.42 Å². The van der Waals surface area contributed by atoms with Gasteiger partial charge in [-0.3, -0.25) is 0 Å². The van der Waals surface area contributed by atoms with Crippen LogP contribution in [0.4, 0.5) is 0 Å². The molecule has 1 aromatic heterocycles. The summed E-state index contributed by atoms with van der Waals surface area (Å²) in [6, 6.07) is 7.38. The van der Waals surface area contributed by atoms with Gasteiger partial charge in [0.1, 0.15) is 11.2 Å². The van der Waals surface area contributed by atoms with E-state index >= 15 is 0 Å². The van der Waals surface area contributed by atoms with Gasteiger partial charge in [0.25, 0.3) is 0 Å². The highest BCUT2D eigenvalue weighted by atomic mass is 16.5. The summed E-state index contributed by atoms with van der Waals surface area (Å²) in [6.45, 7) is 0.600. The summed E-state index contributed by atoms with van der Waals surface area (Å²) < 4.78 is 11.0. The van der Waals surface area contributed by atoms with Crippen molar-refractivity contribution >= 4 is 23.7 Å². The van der Waals surface area contributed by atoms with Gasteiger partial charge < -0.3 is 19.2 Å². The molecule has 0 unspecified atom stereocenters. The minimum atomic E-state index is -1.56. The van der Waals surface area contributed by atoms with Gasteiger partial charge in [0, 0.05) is 5.39 Å². The summed E-state index contributed by atoms with van der Waals surface area (Å²) in [5, 5.41) is 19.0. The highest BCUT2D eigenvalue weighted by Gasteiger charge is 2.19. The second kappa shape index (κ2) is 4.76. The van der Waals surface area contributed by atoms with Crippen molar-refractivity contribution in [1.82, 2.24) is 0 Å². The average Bonchev–Trinajstić information content (AvgIpc) is 2.70. The lowest BCUT2D eigenvalue weighted by molar-refractivity contribution is -0.00862. The van der Waals surface area contributed by atoms with E-state index in [1.54, 1.807) is 6.07 Å². The topological polar surface area (TPSA) is 62.8 Å². The predicted octanol–water partition coefficient (Wildman–Crippen LogP) is 1.18. The number of benzene rings is 1. The van der Waals surface area contributed by atoms with Gasteiger partial charge in [-0.1, -0.05) is 6.07 Å². The Bertz CT molecular complexity index is 545. The van der Waals surface area contributed by atoms with Crippen molar-refractivity contribution in [3.63, 3.8) is 0 Å². The maximum Gasteiger partial charge on any atom is 0.526 e. The second-order valence-corrected chi connectivity index (χ2v) is 4.76. The van der Waals surface area contributed by atoms with E-state index in [2.05, 4.69) is 0 Å². The van der Waals surface area contributed by atoms with Gasteiger partial charge in [0.2, 0.25) is 0 Å². The zero-order valence-corrected chi connectivity index (χ0v) is 10.0. The normalized spacial score (nSPS) is 15.9. The highest BCUT2D eigenvalue weighted by molar-refractivity contribution is 6.57. The van der Waals surface area contributed by atoms with Crippen LogP contribution in [0.15, 0.2) is 28.7 Å². The first-order valence-electron chi connectivity index (χ1n) is 6.22. The number of hydrogen-bond donors (Lipinski definition) is 2. The quantitative estimate of drug-likeness (QED) is 0.795. The molecule has 3 rings (SSSR count). The highest BCUT2D eigenvalue weighted by Crippen LogP contribution is 2.24. The summed E-state index contributed by atoms with van der Waals surface area (Å²) >= 11 is 0. The van der Waals surface area contributed by atoms with Crippen molar-refractivity contribution in [3.8, 4) is 0 Å². The predicted molar refractivity (Wildman–Crippen MR) is 68.5 cm³/mol. The van der Waals surface area contributed by atoms with E-state index in [1.807, 2.05) is 18.2 Å².